The van der Waals surface area contributed by atoms with Crippen molar-refractivity contribution in [2.75, 3.05) is 52.5 Å². The van der Waals surface area contributed by atoms with Gasteiger partial charge in [0, 0.05) is 38.9 Å². The number of hydrogen-bond donors (Lipinski definition) is 1. The van der Waals surface area contributed by atoms with Gasteiger partial charge in [0.15, 0.2) is 0 Å². The van der Waals surface area contributed by atoms with E-state index in [4.69, 9.17) is 4.74 Å². The van der Waals surface area contributed by atoms with Crippen LogP contribution in [0.25, 0.3) is 0 Å². The molecule has 0 saturated carbocycles. The van der Waals surface area contributed by atoms with Gasteiger partial charge in [-0.3, -0.25) is 9.69 Å². The number of carbonyl (C=O) groups excluding carboxylic acids is 1. The van der Waals surface area contributed by atoms with Gasteiger partial charge in [-0.2, -0.15) is 0 Å². The zero-order valence-electron chi connectivity index (χ0n) is 18.4. The number of nitrogens with one attached hydrogen (secondary N) is 1. The molecule has 3 aliphatic rings. The lowest BCUT2D eigenvalue weighted by Gasteiger charge is -2.42. The standard InChI is InChI=1S/C25H39N3O2/c29-25(26-19-22-11-17-30-18-12-22)23-7-4-13-28(20-23)24-9-15-27(16-10-24)14-8-21-5-2-1-3-6-21/h1-3,5-6,22-24H,4,7-20H2,(H,26,29). The Morgan fingerprint density at radius 1 is 1.00 bits per heavy atom. The van der Waals surface area contributed by atoms with Gasteiger partial charge in [0.25, 0.3) is 0 Å². The number of nitrogens with zero attached hydrogens (tertiary/aromatic N) is 2. The van der Waals surface area contributed by atoms with E-state index in [9.17, 15) is 4.79 Å². The lowest BCUT2D eigenvalue weighted by Crippen LogP contribution is -2.51. The zero-order valence-corrected chi connectivity index (χ0v) is 18.4. The van der Waals surface area contributed by atoms with Crippen molar-refractivity contribution in [1.82, 2.24) is 15.1 Å². The molecule has 0 radical (unpaired) electrons. The highest BCUT2D eigenvalue weighted by atomic mass is 16.5. The van der Waals surface area contributed by atoms with E-state index in [-0.39, 0.29) is 11.8 Å². The fourth-order valence-electron chi connectivity index (χ4n) is 5.33. The van der Waals surface area contributed by atoms with E-state index < -0.39 is 0 Å². The Morgan fingerprint density at radius 2 is 1.77 bits per heavy atom. The number of benzene rings is 1. The van der Waals surface area contributed by atoms with Crippen LogP contribution in [0.15, 0.2) is 30.3 Å². The van der Waals surface area contributed by atoms with E-state index in [1.165, 1.54) is 38.0 Å². The average molecular weight is 414 g/mol. The Morgan fingerprint density at radius 3 is 2.53 bits per heavy atom. The van der Waals surface area contributed by atoms with Crippen LogP contribution in [0.3, 0.4) is 0 Å². The summed E-state index contributed by atoms with van der Waals surface area (Å²) in [4.78, 5) is 18.0. The highest BCUT2D eigenvalue weighted by Crippen LogP contribution is 2.24. The third-order valence-electron chi connectivity index (χ3n) is 7.36. The van der Waals surface area contributed by atoms with Crippen molar-refractivity contribution in [3.63, 3.8) is 0 Å². The molecular weight excluding hydrogens is 374 g/mol. The highest BCUT2D eigenvalue weighted by Gasteiger charge is 2.31. The Kier molecular flexibility index (Phi) is 8.18. The van der Waals surface area contributed by atoms with Crippen LogP contribution in [-0.4, -0.2) is 74.2 Å². The Hall–Kier alpha value is -1.43. The molecule has 1 aromatic rings. The summed E-state index contributed by atoms with van der Waals surface area (Å²) >= 11 is 0. The molecule has 4 rings (SSSR count). The maximum absolute atomic E-state index is 12.8. The number of piperidine rings is 2. The van der Waals surface area contributed by atoms with Crippen molar-refractivity contribution in [1.29, 1.82) is 0 Å². The molecule has 5 heteroatoms. The molecule has 0 bridgehead atoms. The van der Waals surface area contributed by atoms with Crippen LogP contribution >= 0.6 is 0 Å². The first-order valence-corrected chi connectivity index (χ1v) is 12.1. The SMILES string of the molecule is O=C(NCC1CCOCC1)C1CCCN(C2CCN(CCc3ccccc3)CC2)C1. The summed E-state index contributed by atoms with van der Waals surface area (Å²) in [5.41, 5.74) is 1.44. The van der Waals surface area contributed by atoms with Gasteiger partial charge in [0.05, 0.1) is 5.92 Å². The third-order valence-corrected chi connectivity index (χ3v) is 7.36. The summed E-state index contributed by atoms with van der Waals surface area (Å²) in [6, 6.07) is 11.5. The minimum Gasteiger partial charge on any atom is -0.381 e. The first-order valence-electron chi connectivity index (χ1n) is 12.1. The van der Waals surface area contributed by atoms with E-state index in [1.54, 1.807) is 0 Å². The summed E-state index contributed by atoms with van der Waals surface area (Å²) in [7, 11) is 0. The van der Waals surface area contributed by atoms with Crippen molar-refractivity contribution in [3.05, 3.63) is 35.9 Å². The number of likely N-dealkylation sites (tertiary alicyclic amines) is 2. The van der Waals surface area contributed by atoms with Gasteiger partial charge in [-0.15, -0.1) is 0 Å². The first-order chi connectivity index (χ1) is 14.8. The lowest BCUT2D eigenvalue weighted by atomic mass is 9.92. The molecule has 1 aromatic carbocycles. The van der Waals surface area contributed by atoms with Crippen molar-refractivity contribution < 1.29 is 9.53 Å². The first kappa shape index (κ1) is 21.8. The molecule has 1 amide bonds. The molecule has 3 aliphatic heterocycles. The van der Waals surface area contributed by atoms with E-state index in [2.05, 4.69) is 45.4 Å². The van der Waals surface area contributed by atoms with Crippen LogP contribution in [0.1, 0.15) is 44.1 Å². The number of ether oxygens (including phenoxy) is 1. The molecule has 1 atom stereocenters. The van der Waals surface area contributed by atoms with Gasteiger partial charge in [-0.05, 0) is 76.1 Å². The average Bonchev–Trinajstić information content (AvgIpc) is 2.83. The topological polar surface area (TPSA) is 44.8 Å². The van der Waals surface area contributed by atoms with Crippen molar-refractivity contribution >= 4 is 5.91 Å². The molecule has 0 aromatic heterocycles. The Bertz CT molecular complexity index is 639. The lowest BCUT2D eigenvalue weighted by molar-refractivity contribution is -0.127. The van der Waals surface area contributed by atoms with Crippen LogP contribution in [0, 0.1) is 11.8 Å². The fourth-order valence-corrected chi connectivity index (χ4v) is 5.33. The largest absolute Gasteiger partial charge is 0.381 e. The number of carbonyl (C=O) groups is 1. The predicted molar refractivity (Wildman–Crippen MR) is 120 cm³/mol. The maximum atomic E-state index is 12.8. The van der Waals surface area contributed by atoms with Crippen LogP contribution < -0.4 is 5.32 Å². The summed E-state index contributed by atoms with van der Waals surface area (Å²) in [5.74, 6) is 1.06. The minimum absolute atomic E-state index is 0.176. The van der Waals surface area contributed by atoms with Gasteiger partial charge in [-0.25, -0.2) is 0 Å². The van der Waals surface area contributed by atoms with E-state index in [0.717, 1.165) is 65.0 Å². The second kappa shape index (κ2) is 11.3. The molecule has 3 heterocycles. The second-order valence-corrected chi connectivity index (χ2v) is 9.44. The molecule has 166 valence electrons. The minimum atomic E-state index is 0.176. The molecule has 1 unspecified atom stereocenters. The molecular formula is C25H39N3O2. The number of hydrogen-bond acceptors (Lipinski definition) is 4. The zero-order chi connectivity index (χ0) is 20.6. The molecule has 0 aliphatic carbocycles. The highest BCUT2D eigenvalue weighted by molar-refractivity contribution is 5.79. The van der Waals surface area contributed by atoms with Crippen LogP contribution in [0.4, 0.5) is 0 Å². The number of rotatable bonds is 7. The molecule has 1 N–H and O–H groups in total. The summed E-state index contributed by atoms with van der Waals surface area (Å²) in [6.45, 7) is 8.19. The summed E-state index contributed by atoms with van der Waals surface area (Å²) in [5, 5.41) is 3.26. The van der Waals surface area contributed by atoms with Gasteiger partial charge in [0.1, 0.15) is 0 Å². The van der Waals surface area contributed by atoms with E-state index in [1.807, 2.05) is 0 Å². The van der Waals surface area contributed by atoms with Gasteiger partial charge >= 0.3 is 0 Å². The van der Waals surface area contributed by atoms with E-state index in [0.29, 0.717) is 12.0 Å². The summed E-state index contributed by atoms with van der Waals surface area (Å²) < 4.78 is 5.43. The van der Waals surface area contributed by atoms with E-state index >= 15 is 0 Å². The van der Waals surface area contributed by atoms with Crippen molar-refractivity contribution in [3.8, 4) is 0 Å². The normalized spacial score (nSPS) is 25.3. The monoisotopic (exact) mass is 413 g/mol. The van der Waals surface area contributed by atoms with Gasteiger partial charge < -0.3 is 15.0 Å². The van der Waals surface area contributed by atoms with Crippen LogP contribution in [-0.2, 0) is 16.0 Å². The Labute approximate surface area is 182 Å². The van der Waals surface area contributed by atoms with Crippen LogP contribution in [0.2, 0.25) is 0 Å². The number of amides is 1. The van der Waals surface area contributed by atoms with Gasteiger partial charge in [0.2, 0.25) is 5.91 Å². The van der Waals surface area contributed by atoms with Crippen LogP contribution in [0.5, 0.6) is 0 Å². The fraction of sp³-hybridized carbons (Fsp3) is 0.720. The second-order valence-electron chi connectivity index (χ2n) is 9.44. The maximum Gasteiger partial charge on any atom is 0.224 e. The smallest absolute Gasteiger partial charge is 0.224 e. The van der Waals surface area contributed by atoms with Gasteiger partial charge in [-0.1, -0.05) is 30.3 Å². The molecule has 3 saturated heterocycles. The predicted octanol–water partition coefficient (Wildman–Crippen LogP) is 2.95. The molecule has 30 heavy (non-hydrogen) atoms. The van der Waals surface area contributed by atoms with Crippen molar-refractivity contribution in [2.45, 2.75) is 51.0 Å². The molecule has 3 fully saturated rings. The third kappa shape index (κ3) is 6.29. The summed E-state index contributed by atoms with van der Waals surface area (Å²) in [6.07, 6.45) is 8.00. The Balaban J connectivity index is 1.17. The quantitative estimate of drug-likeness (QED) is 0.747. The molecule has 5 nitrogen and oxygen atoms in total. The molecule has 0 spiro atoms. The van der Waals surface area contributed by atoms with Crippen molar-refractivity contribution in [2.24, 2.45) is 11.8 Å².